The predicted octanol–water partition coefficient (Wildman–Crippen LogP) is 4.37. The molecule has 3 atom stereocenters. The average Bonchev–Trinajstić information content (AvgIpc) is 3.08. The lowest BCUT2D eigenvalue weighted by molar-refractivity contribution is -0.137. The molecule has 152 valence electrons. The van der Waals surface area contributed by atoms with E-state index in [1.165, 1.54) is 4.90 Å². The second-order valence-corrected chi connectivity index (χ2v) is 7.48. The van der Waals surface area contributed by atoms with Gasteiger partial charge in [-0.1, -0.05) is 79.7 Å². The van der Waals surface area contributed by atoms with Crippen molar-refractivity contribution >= 4 is 12.0 Å². The van der Waals surface area contributed by atoms with E-state index in [-0.39, 0.29) is 18.6 Å². The van der Waals surface area contributed by atoms with Gasteiger partial charge in [0.05, 0.1) is 24.7 Å². The van der Waals surface area contributed by atoms with Crippen LogP contribution in [-0.2, 0) is 27.3 Å². The average molecular weight is 393 g/mol. The summed E-state index contributed by atoms with van der Waals surface area (Å²) >= 11 is 0. The number of imide groups is 1. The van der Waals surface area contributed by atoms with E-state index in [4.69, 9.17) is 9.47 Å². The topological polar surface area (TPSA) is 55.8 Å². The fourth-order valence-electron chi connectivity index (χ4n) is 3.59. The summed E-state index contributed by atoms with van der Waals surface area (Å²) in [6, 6.07) is 19.2. The Kier molecular flexibility index (Phi) is 6.83. The van der Waals surface area contributed by atoms with Gasteiger partial charge < -0.3 is 9.47 Å². The van der Waals surface area contributed by atoms with Gasteiger partial charge in [0.2, 0.25) is 5.91 Å². The third-order valence-corrected chi connectivity index (χ3v) is 5.11. The molecule has 0 unspecified atom stereocenters. The molecule has 3 rings (SSSR count). The highest BCUT2D eigenvalue weighted by Crippen LogP contribution is 2.25. The first-order chi connectivity index (χ1) is 14.0. The molecule has 0 radical (unpaired) electrons. The second-order valence-electron chi connectivity index (χ2n) is 7.48. The molecule has 1 aliphatic heterocycles. The number of hydrogen-bond donors (Lipinski definition) is 0. The standard InChI is InChI=1S/C24H27NO4/c1-17(2)22(28-15-20-12-8-5-9-13-20)18(3)23(26)25-21(16-29-24(25)27)14-19-10-6-4-7-11-19/h4-13,18,21-22H,1,14-16H2,2-3H3/t18-,21-,22+/m1/s1. The Bertz CT molecular complexity index is 850. The summed E-state index contributed by atoms with van der Waals surface area (Å²) in [5.74, 6) is -0.852. The van der Waals surface area contributed by atoms with Crippen LogP contribution in [0.2, 0.25) is 0 Å². The summed E-state index contributed by atoms with van der Waals surface area (Å²) in [4.78, 5) is 26.8. The lowest BCUT2D eigenvalue weighted by Gasteiger charge is -2.28. The van der Waals surface area contributed by atoms with Crippen LogP contribution < -0.4 is 0 Å². The van der Waals surface area contributed by atoms with Crippen LogP contribution in [0.15, 0.2) is 72.8 Å². The normalized spacial score (nSPS) is 18.2. The van der Waals surface area contributed by atoms with Gasteiger partial charge in [-0.15, -0.1) is 0 Å². The molecule has 1 heterocycles. The molecule has 5 nitrogen and oxygen atoms in total. The number of carbonyl (C=O) groups is 2. The van der Waals surface area contributed by atoms with Crippen LogP contribution in [-0.4, -0.2) is 35.7 Å². The molecule has 1 fully saturated rings. The van der Waals surface area contributed by atoms with Crippen molar-refractivity contribution in [2.45, 2.75) is 39.0 Å². The Hall–Kier alpha value is -2.92. The maximum Gasteiger partial charge on any atom is 0.416 e. The van der Waals surface area contributed by atoms with Gasteiger partial charge in [0.1, 0.15) is 6.61 Å². The van der Waals surface area contributed by atoms with E-state index in [1.54, 1.807) is 6.92 Å². The van der Waals surface area contributed by atoms with Crippen molar-refractivity contribution in [1.29, 1.82) is 0 Å². The highest BCUT2D eigenvalue weighted by Gasteiger charge is 2.41. The fraction of sp³-hybridized carbons (Fsp3) is 0.333. The molecule has 5 heteroatoms. The maximum atomic E-state index is 13.2. The Morgan fingerprint density at radius 3 is 2.31 bits per heavy atom. The highest BCUT2D eigenvalue weighted by atomic mass is 16.6. The molecule has 0 aliphatic carbocycles. The van der Waals surface area contributed by atoms with Crippen LogP contribution in [0.5, 0.6) is 0 Å². The first-order valence-electron chi connectivity index (χ1n) is 9.82. The number of ether oxygens (including phenoxy) is 2. The molecule has 0 saturated carbocycles. The van der Waals surface area contributed by atoms with Crippen molar-refractivity contribution in [2.75, 3.05) is 6.61 Å². The largest absolute Gasteiger partial charge is 0.447 e. The first kappa shape index (κ1) is 20.8. The molecule has 2 amide bonds. The van der Waals surface area contributed by atoms with E-state index in [9.17, 15) is 9.59 Å². The minimum Gasteiger partial charge on any atom is -0.447 e. The first-order valence-corrected chi connectivity index (χ1v) is 9.82. The third-order valence-electron chi connectivity index (χ3n) is 5.11. The molecule has 0 aromatic heterocycles. The van der Waals surface area contributed by atoms with E-state index in [0.29, 0.717) is 13.0 Å². The zero-order valence-corrected chi connectivity index (χ0v) is 16.9. The molecular formula is C24H27NO4. The van der Waals surface area contributed by atoms with Gasteiger partial charge in [-0.05, 0) is 24.5 Å². The Morgan fingerprint density at radius 1 is 1.14 bits per heavy atom. The number of hydrogen-bond acceptors (Lipinski definition) is 4. The van der Waals surface area contributed by atoms with E-state index >= 15 is 0 Å². The van der Waals surface area contributed by atoms with Gasteiger partial charge >= 0.3 is 6.09 Å². The van der Waals surface area contributed by atoms with Gasteiger partial charge in [0, 0.05) is 0 Å². The smallest absolute Gasteiger partial charge is 0.416 e. The Labute approximate surface area is 171 Å². The molecule has 0 bridgehead atoms. The molecule has 0 N–H and O–H groups in total. The summed E-state index contributed by atoms with van der Waals surface area (Å²) in [5.41, 5.74) is 2.81. The molecule has 1 saturated heterocycles. The SMILES string of the molecule is C=C(C)[C@H](OCc1ccccc1)[C@@H](C)C(=O)N1C(=O)OC[C@H]1Cc1ccccc1. The molecule has 29 heavy (non-hydrogen) atoms. The zero-order valence-electron chi connectivity index (χ0n) is 16.9. The van der Waals surface area contributed by atoms with E-state index < -0.39 is 18.1 Å². The summed E-state index contributed by atoms with van der Waals surface area (Å²) < 4.78 is 11.2. The van der Waals surface area contributed by atoms with Gasteiger partial charge in [-0.3, -0.25) is 4.79 Å². The van der Waals surface area contributed by atoms with Crippen molar-refractivity contribution in [3.8, 4) is 0 Å². The molecular weight excluding hydrogens is 366 g/mol. The van der Waals surface area contributed by atoms with Gasteiger partial charge in [0.15, 0.2) is 0 Å². The van der Waals surface area contributed by atoms with Crippen LogP contribution in [0.1, 0.15) is 25.0 Å². The summed E-state index contributed by atoms with van der Waals surface area (Å²) in [6.45, 7) is 8.18. The summed E-state index contributed by atoms with van der Waals surface area (Å²) in [5, 5.41) is 0. The fourth-order valence-corrected chi connectivity index (χ4v) is 3.59. The number of nitrogens with zero attached hydrogens (tertiary/aromatic N) is 1. The third kappa shape index (κ3) is 5.12. The number of benzene rings is 2. The van der Waals surface area contributed by atoms with Crippen LogP contribution >= 0.6 is 0 Å². The van der Waals surface area contributed by atoms with Gasteiger partial charge in [0.25, 0.3) is 0 Å². The van der Waals surface area contributed by atoms with Crippen molar-refractivity contribution in [1.82, 2.24) is 4.90 Å². The monoisotopic (exact) mass is 393 g/mol. The predicted molar refractivity (Wildman–Crippen MR) is 111 cm³/mol. The van der Waals surface area contributed by atoms with Crippen LogP contribution in [0.4, 0.5) is 4.79 Å². The highest BCUT2D eigenvalue weighted by molar-refractivity contribution is 5.95. The Balaban J connectivity index is 1.70. The zero-order chi connectivity index (χ0) is 20.8. The van der Waals surface area contributed by atoms with Crippen molar-refractivity contribution < 1.29 is 19.1 Å². The quantitative estimate of drug-likeness (QED) is 0.625. The van der Waals surface area contributed by atoms with Gasteiger partial charge in [-0.2, -0.15) is 0 Å². The van der Waals surface area contributed by atoms with E-state index in [1.807, 2.05) is 67.6 Å². The van der Waals surface area contributed by atoms with Gasteiger partial charge in [-0.25, -0.2) is 9.69 Å². The van der Waals surface area contributed by atoms with E-state index in [0.717, 1.165) is 16.7 Å². The van der Waals surface area contributed by atoms with E-state index in [2.05, 4.69) is 6.58 Å². The van der Waals surface area contributed by atoms with Crippen LogP contribution in [0, 0.1) is 5.92 Å². The second kappa shape index (κ2) is 9.52. The molecule has 1 aliphatic rings. The lowest BCUT2D eigenvalue weighted by atomic mass is 9.96. The lowest BCUT2D eigenvalue weighted by Crippen LogP contribution is -2.46. The number of rotatable bonds is 8. The maximum absolute atomic E-state index is 13.2. The van der Waals surface area contributed by atoms with Crippen LogP contribution in [0.3, 0.4) is 0 Å². The summed E-state index contributed by atoms with van der Waals surface area (Å²) in [6.07, 6.45) is -0.520. The number of carbonyl (C=O) groups excluding carboxylic acids is 2. The van der Waals surface area contributed by atoms with Crippen LogP contribution in [0.25, 0.3) is 0 Å². The molecule has 2 aromatic rings. The number of amides is 2. The Morgan fingerprint density at radius 2 is 1.72 bits per heavy atom. The molecule has 0 spiro atoms. The van der Waals surface area contributed by atoms with Crippen molar-refractivity contribution in [3.05, 3.63) is 83.9 Å². The van der Waals surface area contributed by atoms with Crippen molar-refractivity contribution in [2.24, 2.45) is 5.92 Å². The molecule has 2 aromatic carbocycles. The number of cyclic esters (lactones) is 1. The minimum atomic E-state index is -0.591. The summed E-state index contributed by atoms with van der Waals surface area (Å²) in [7, 11) is 0. The minimum absolute atomic E-state index is 0.203. The van der Waals surface area contributed by atoms with Crippen molar-refractivity contribution in [3.63, 3.8) is 0 Å².